The smallest absolute Gasteiger partial charge is 0.0541 e. The Bertz CT molecular complexity index is 3520. The third-order valence-electron chi connectivity index (χ3n) is 14.0. The van der Waals surface area contributed by atoms with Crippen LogP contribution >= 0.6 is 0 Å². The zero-order valence-electron chi connectivity index (χ0n) is 34.1. The van der Waals surface area contributed by atoms with Gasteiger partial charge in [0.2, 0.25) is 0 Å². The lowest BCUT2D eigenvalue weighted by molar-refractivity contribution is 0.370. The van der Waals surface area contributed by atoms with Crippen molar-refractivity contribution in [3.05, 3.63) is 242 Å². The molecule has 0 saturated carbocycles. The van der Waals surface area contributed by atoms with Crippen LogP contribution in [-0.2, 0) is 0 Å². The van der Waals surface area contributed by atoms with Crippen molar-refractivity contribution in [1.82, 2.24) is 9.13 Å². The van der Waals surface area contributed by atoms with Gasteiger partial charge >= 0.3 is 0 Å². The maximum atomic E-state index is 2.49. The van der Waals surface area contributed by atoms with Crippen LogP contribution in [0.2, 0.25) is 0 Å². The minimum absolute atomic E-state index is 0.371. The number of fused-ring (bicyclic) bond motifs is 12. The highest BCUT2D eigenvalue weighted by Gasteiger charge is 2.39. The van der Waals surface area contributed by atoms with Gasteiger partial charge in [0.25, 0.3) is 0 Å². The van der Waals surface area contributed by atoms with Crippen LogP contribution in [0.15, 0.2) is 231 Å². The van der Waals surface area contributed by atoms with E-state index in [1.165, 1.54) is 93.8 Å². The summed E-state index contributed by atoms with van der Waals surface area (Å²) in [6.07, 6.45) is 18.6. The molecule has 0 amide bonds. The third-order valence-corrected chi connectivity index (χ3v) is 14.0. The molecule has 2 heterocycles. The lowest BCUT2D eigenvalue weighted by Crippen LogP contribution is -2.31. The van der Waals surface area contributed by atoms with Crippen molar-refractivity contribution in [2.24, 2.45) is 11.8 Å². The molecule has 0 fully saturated rings. The number of aromatic nitrogens is 2. The van der Waals surface area contributed by atoms with Gasteiger partial charge in [-0.15, -0.1) is 0 Å². The number of benzene rings is 8. The summed E-state index contributed by atoms with van der Waals surface area (Å²) in [7, 11) is 0. The Hall–Kier alpha value is -7.68. The molecular weight excluding hydrogens is 749 g/mol. The highest BCUT2D eigenvalue weighted by molar-refractivity contribution is 6.12. The summed E-state index contributed by atoms with van der Waals surface area (Å²) in [4.78, 5) is 0. The molecule has 292 valence electrons. The number of allylic oxidation sites excluding steroid dienone is 8. The Kier molecular flexibility index (Phi) is 7.90. The SMILES string of the molecule is C1=CC2c3ccc(-n4c5ccccc5c5cc(-c6ccc7c(c6)c6ccccc6n7-c6ccc(-c7ccc(-c8ccccc8)cc7)cc6)ccc54)cc3C3C=CC=CC3C2C=C1. The van der Waals surface area contributed by atoms with Crippen molar-refractivity contribution in [2.45, 2.75) is 11.8 Å². The molecule has 4 unspecified atom stereocenters. The molecule has 2 nitrogen and oxygen atoms in total. The molecule has 2 aromatic heterocycles. The van der Waals surface area contributed by atoms with Crippen LogP contribution in [0.5, 0.6) is 0 Å². The molecule has 62 heavy (non-hydrogen) atoms. The first-order valence-electron chi connectivity index (χ1n) is 21.9. The summed E-state index contributed by atoms with van der Waals surface area (Å²) in [5.41, 5.74) is 17.5. The second kappa shape index (κ2) is 13.9. The van der Waals surface area contributed by atoms with Crippen molar-refractivity contribution in [2.75, 3.05) is 0 Å². The molecule has 2 heteroatoms. The Labute approximate surface area is 361 Å². The standard InChI is InChI=1S/C60H42N2/c1-2-12-39(13-3-1)40-22-24-41(25-23-40)42-26-30-45(31-27-42)61-57-20-10-8-18-52(57)55-36-43(28-34-59(55)61)44-29-35-60-56(37-44)53-19-9-11-21-58(53)62(60)46-32-33-51-49-16-5-4-14-47(49)48-15-6-7-17-50(48)54(51)38-46/h1-38,47-50H. The number of nitrogens with zero attached hydrogens (tertiary/aromatic N) is 2. The molecule has 3 aliphatic rings. The molecule has 0 radical (unpaired) electrons. The molecule has 8 aromatic carbocycles. The van der Waals surface area contributed by atoms with Gasteiger partial charge in [-0.2, -0.15) is 0 Å². The molecule has 0 spiro atoms. The van der Waals surface area contributed by atoms with Crippen molar-refractivity contribution in [1.29, 1.82) is 0 Å². The summed E-state index contributed by atoms with van der Waals surface area (Å²) in [5, 5.41) is 5.05. The number of hydrogen-bond acceptors (Lipinski definition) is 0. The van der Waals surface area contributed by atoms with E-state index < -0.39 is 0 Å². The molecule has 0 aliphatic heterocycles. The van der Waals surface area contributed by atoms with E-state index in [4.69, 9.17) is 0 Å². The monoisotopic (exact) mass is 790 g/mol. The van der Waals surface area contributed by atoms with E-state index in [1.807, 2.05) is 0 Å². The van der Waals surface area contributed by atoms with E-state index in [9.17, 15) is 0 Å². The summed E-state index contributed by atoms with van der Waals surface area (Å²) in [5.74, 6) is 1.74. The van der Waals surface area contributed by atoms with E-state index in [1.54, 1.807) is 0 Å². The zero-order chi connectivity index (χ0) is 40.7. The predicted molar refractivity (Wildman–Crippen MR) is 260 cm³/mol. The predicted octanol–water partition coefficient (Wildman–Crippen LogP) is 15.5. The fourth-order valence-electron chi connectivity index (χ4n) is 11.0. The third kappa shape index (κ3) is 5.43. The summed E-state index contributed by atoms with van der Waals surface area (Å²) in [6, 6.07) is 67.5. The van der Waals surface area contributed by atoms with Crippen LogP contribution < -0.4 is 0 Å². The lowest BCUT2D eigenvalue weighted by Gasteiger charge is -2.42. The second-order valence-corrected chi connectivity index (χ2v) is 17.2. The van der Waals surface area contributed by atoms with Crippen LogP contribution in [0.4, 0.5) is 0 Å². The van der Waals surface area contributed by atoms with Gasteiger partial charge in [0.1, 0.15) is 0 Å². The van der Waals surface area contributed by atoms with Gasteiger partial charge in [0, 0.05) is 44.8 Å². The van der Waals surface area contributed by atoms with Crippen LogP contribution in [0, 0.1) is 11.8 Å². The van der Waals surface area contributed by atoms with Crippen molar-refractivity contribution in [3.8, 4) is 44.8 Å². The van der Waals surface area contributed by atoms with Crippen LogP contribution in [0.1, 0.15) is 23.0 Å². The van der Waals surface area contributed by atoms with Crippen molar-refractivity contribution >= 4 is 43.6 Å². The first kappa shape index (κ1) is 35.1. The first-order chi connectivity index (χ1) is 30.7. The van der Waals surface area contributed by atoms with Gasteiger partial charge in [-0.1, -0.05) is 170 Å². The number of hydrogen-bond donors (Lipinski definition) is 0. The van der Waals surface area contributed by atoms with E-state index in [2.05, 4.69) is 240 Å². The molecule has 3 aliphatic carbocycles. The quantitative estimate of drug-likeness (QED) is 0.164. The fourth-order valence-corrected chi connectivity index (χ4v) is 11.0. The van der Waals surface area contributed by atoms with E-state index in [0.717, 1.165) is 5.69 Å². The Morgan fingerprint density at radius 3 is 1.27 bits per heavy atom. The van der Waals surface area contributed by atoms with Gasteiger partial charge in [0.15, 0.2) is 0 Å². The van der Waals surface area contributed by atoms with E-state index in [-0.39, 0.29) is 0 Å². The highest BCUT2D eigenvalue weighted by atomic mass is 15.0. The summed E-state index contributed by atoms with van der Waals surface area (Å²) < 4.78 is 4.89. The van der Waals surface area contributed by atoms with Gasteiger partial charge in [-0.25, -0.2) is 0 Å². The normalized spacial score (nSPS) is 18.7. The zero-order valence-corrected chi connectivity index (χ0v) is 34.1. The molecule has 0 bridgehead atoms. The number of rotatable bonds is 5. The Morgan fingerprint density at radius 1 is 0.274 bits per heavy atom. The maximum Gasteiger partial charge on any atom is 0.0541 e. The molecule has 10 aromatic rings. The van der Waals surface area contributed by atoms with E-state index in [0.29, 0.717) is 23.7 Å². The first-order valence-corrected chi connectivity index (χ1v) is 21.9. The van der Waals surface area contributed by atoms with Crippen molar-refractivity contribution in [3.63, 3.8) is 0 Å². The lowest BCUT2D eigenvalue weighted by atomic mass is 9.61. The Morgan fingerprint density at radius 2 is 0.694 bits per heavy atom. The van der Waals surface area contributed by atoms with Gasteiger partial charge in [-0.05, 0) is 117 Å². The number of para-hydroxylation sites is 2. The van der Waals surface area contributed by atoms with Gasteiger partial charge in [-0.3, -0.25) is 0 Å². The Balaban J connectivity index is 0.881. The van der Waals surface area contributed by atoms with Crippen LogP contribution in [-0.4, -0.2) is 9.13 Å². The van der Waals surface area contributed by atoms with Crippen LogP contribution in [0.25, 0.3) is 88.4 Å². The minimum Gasteiger partial charge on any atom is -0.309 e. The second-order valence-electron chi connectivity index (χ2n) is 17.2. The molecule has 13 rings (SSSR count). The fraction of sp³-hybridized carbons (Fsp3) is 0.0667. The average Bonchev–Trinajstić information content (AvgIpc) is 3.86. The highest BCUT2D eigenvalue weighted by Crippen LogP contribution is 2.52. The van der Waals surface area contributed by atoms with E-state index >= 15 is 0 Å². The van der Waals surface area contributed by atoms with Gasteiger partial charge in [0.05, 0.1) is 22.1 Å². The summed E-state index contributed by atoms with van der Waals surface area (Å²) >= 11 is 0. The maximum absolute atomic E-state index is 2.49. The average molecular weight is 791 g/mol. The topological polar surface area (TPSA) is 9.86 Å². The molecular formula is C60H42N2. The molecule has 0 N–H and O–H groups in total. The minimum atomic E-state index is 0.371. The largest absolute Gasteiger partial charge is 0.309 e. The molecule has 4 atom stereocenters. The summed E-state index contributed by atoms with van der Waals surface area (Å²) in [6.45, 7) is 0. The van der Waals surface area contributed by atoms with Crippen LogP contribution in [0.3, 0.4) is 0 Å². The molecule has 0 saturated heterocycles. The van der Waals surface area contributed by atoms with Gasteiger partial charge < -0.3 is 9.13 Å². The van der Waals surface area contributed by atoms with Crippen molar-refractivity contribution < 1.29 is 0 Å².